The molecule has 5 nitrogen and oxygen atoms in total. The van der Waals surface area contributed by atoms with E-state index >= 15 is 0 Å². The minimum atomic E-state index is -0.421. The van der Waals surface area contributed by atoms with Crippen LogP contribution in [0.2, 0.25) is 0 Å². The van der Waals surface area contributed by atoms with E-state index in [1.54, 1.807) is 0 Å². The molecule has 1 aliphatic heterocycles. The molecule has 1 fully saturated rings. The lowest BCUT2D eigenvalue weighted by Crippen LogP contribution is -2.42. The van der Waals surface area contributed by atoms with Crippen molar-refractivity contribution >= 4 is 24.2 Å². The van der Waals surface area contributed by atoms with Gasteiger partial charge in [0.05, 0.1) is 6.04 Å². The first-order valence-electron chi connectivity index (χ1n) is 7.81. The molecular formula is C15H30ClN3O2. The Bertz CT molecular complexity index is 324. The third kappa shape index (κ3) is 8.27. The number of amides is 2. The van der Waals surface area contributed by atoms with Crippen molar-refractivity contribution in [3.8, 4) is 0 Å². The third-order valence-corrected chi connectivity index (χ3v) is 3.64. The normalized spacial score (nSPS) is 17.1. The summed E-state index contributed by atoms with van der Waals surface area (Å²) in [5.74, 6) is 0.594. The molecule has 0 unspecified atom stereocenters. The van der Waals surface area contributed by atoms with Crippen molar-refractivity contribution in [1.29, 1.82) is 0 Å². The summed E-state index contributed by atoms with van der Waals surface area (Å²) in [6, 6.07) is -0.421. The summed E-state index contributed by atoms with van der Waals surface area (Å²) in [5.41, 5.74) is 5.81. The largest absolute Gasteiger partial charge is 0.355 e. The second-order valence-corrected chi connectivity index (χ2v) is 6.07. The van der Waals surface area contributed by atoms with E-state index in [2.05, 4.69) is 19.2 Å². The van der Waals surface area contributed by atoms with Gasteiger partial charge in [-0.25, -0.2) is 0 Å². The van der Waals surface area contributed by atoms with Gasteiger partial charge >= 0.3 is 0 Å². The Balaban J connectivity index is 0.00000400. The summed E-state index contributed by atoms with van der Waals surface area (Å²) < 4.78 is 0. The monoisotopic (exact) mass is 319 g/mol. The molecule has 0 aromatic carbocycles. The molecule has 0 aromatic rings. The van der Waals surface area contributed by atoms with Crippen LogP contribution in [0.5, 0.6) is 0 Å². The maximum absolute atomic E-state index is 11.8. The predicted molar refractivity (Wildman–Crippen MR) is 87.4 cm³/mol. The summed E-state index contributed by atoms with van der Waals surface area (Å²) >= 11 is 0. The molecular weight excluding hydrogens is 290 g/mol. The van der Waals surface area contributed by atoms with Crippen LogP contribution in [0.4, 0.5) is 0 Å². The van der Waals surface area contributed by atoms with E-state index in [0.717, 1.165) is 38.8 Å². The quantitative estimate of drug-likeness (QED) is 0.701. The van der Waals surface area contributed by atoms with E-state index in [-0.39, 0.29) is 24.2 Å². The molecule has 0 aromatic heterocycles. The molecule has 2 amide bonds. The van der Waals surface area contributed by atoms with Gasteiger partial charge in [0, 0.05) is 26.1 Å². The van der Waals surface area contributed by atoms with Crippen LogP contribution < -0.4 is 11.1 Å². The van der Waals surface area contributed by atoms with Crippen LogP contribution in [0.25, 0.3) is 0 Å². The van der Waals surface area contributed by atoms with E-state index in [4.69, 9.17) is 5.73 Å². The molecule has 1 aliphatic rings. The Morgan fingerprint density at radius 1 is 1.33 bits per heavy atom. The Kier molecular flexibility index (Phi) is 10.4. The van der Waals surface area contributed by atoms with Crippen molar-refractivity contribution in [3.63, 3.8) is 0 Å². The van der Waals surface area contributed by atoms with E-state index in [0.29, 0.717) is 25.3 Å². The van der Waals surface area contributed by atoms with Gasteiger partial charge in [-0.2, -0.15) is 0 Å². The molecule has 1 heterocycles. The van der Waals surface area contributed by atoms with Crippen molar-refractivity contribution in [3.05, 3.63) is 0 Å². The van der Waals surface area contributed by atoms with Crippen molar-refractivity contribution < 1.29 is 9.59 Å². The minimum Gasteiger partial charge on any atom is -0.355 e. The molecule has 0 spiro atoms. The Hall–Kier alpha value is -0.810. The van der Waals surface area contributed by atoms with Gasteiger partial charge in [-0.3, -0.25) is 9.59 Å². The molecule has 0 radical (unpaired) electrons. The van der Waals surface area contributed by atoms with Gasteiger partial charge in [0.1, 0.15) is 0 Å². The van der Waals surface area contributed by atoms with Crippen LogP contribution in [0.3, 0.4) is 0 Å². The number of hydrogen-bond donors (Lipinski definition) is 2. The van der Waals surface area contributed by atoms with Crippen LogP contribution >= 0.6 is 12.4 Å². The predicted octanol–water partition coefficient (Wildman–Crippen LogP) is 1.69. The summed E-state index contributed by atoms with van der Waals surface area (Å²) in [6.45, 7) is 6.29. The van der Waals surface area contributed by atoms with Crippen LogP contribution in [-0.4, -0.2) is 42.4 Å². The maximum Gasteiger partial charge on any atom is 0.236 e. The summed E-state index contributed by atoms with van der Waals surface area (Å²) in [6.07, 6.45) is 5.42. The first-order valence-corrected chi connectivity index (χ1v) is 7.81. The van der Waals surface area contributed by atoms with Gasteiger partial charge < -0.3 is 16.0 Å². The number of carbonyl (C=O) groups is 2. The van der Waals surface area contributed by atoms with E-state index < -0.39 is 6.04 Å². The van der Waals surface area contributed by atoms with Gasteiger partial charge in [0.25, 0.3) is 0 Å². The fourth-order valence-corrected chi connectivity index (χ4v) is 2.50. The average molecular weight is 320 g/mol. The number of nitrogens with one attached hydrogen (secondary N) is 1. The minimum absolute atomic E-state index is 0. The zero-order valence-electron chi connectivity index (χ0n) is 13.3. The first kappa shape index (κ1) is 20.2. The molecule has 1 atom stereocenters. The number of carbonyl (C=O) groups excluding carboxylic acids is 2. The zero-order valence-corrected chi connectivity index (χ0v) is 14.1. The topological polar surface area (TPSA) is 75.4 Å². The standard InChI is InChI=1S/C15H29N3O2.ClH/c1-12(2)11-13(16)15(20)17-8-6-10-18-9-5-3-4-7-14(18)19;/h12-13H,3-11,16H2,1-2H3,(H,17,20);1H/t13-;/m0./s1. The molecule has 6 heteroatoms. The molecule has 3 N–H and O–H groups in total. The molecule has 124 valence electrons. The van der Waals surface area contributed by atoms with Crippen LogP contribution in [0.1, 0.15) is 52.4 Å². The zero-order chi connectivity index (χ0) is 15.0. The van der Waals surface area contributed by atoms with Gasteiger partial charge in [-0.15, -0.1) is 12.4 Å². The Morgan fingerprint density at radius 2 is 2.05 bits per heavy atom. The number of likely N-dealkylation sites (tertiary alicyclic amines) is 1. The van der Waals surface area contributed by atoms with Crippen LogP contribution in [0, 0.1) is 5.92 Å². The van der Waals surface area contributed by atoms with E-state index in [1.807, 2.05) is 4.90 Å². The second-order valence-electron chi connectivity index (χ2n) is 6.07. The number of halogens is 1. The highest BCUT2D eigenvalue weighted by Crippen LogP contribution is 2.11. The maximum atomic E-state index is 11.8. The van der Waals surface area contributed by atoms with E-state index in [1.165, 1.54) is 0 Å². The Labute approximate surface area is 134 Å². The third-order valence-electron chi connectivity index (χ3n) is 3.64. The highest BCUT2D eigenvalue weighted by atomic mass is 35.5. The van der Waals surface area contributed by atoms with Gasteiger partial charge in [0.2, 0.25) is 11.8 Å². The molecule has 0 saturated carbocycles. The molecule has 0 aliphatic carbocycles. The van der Waals surface area contributed by atoms with Crippen molar-refractivity contribution in [2.75, 3.05) is 19.6 Å². The van der Waals surface area contributed by atoms with Crippen molar-refractivity contribution in [2.24, 2.45) is 11.7 Å². The highest BCUT2D eigenvalue weighted by molar-refractivity contribution is 5.85. The van der Waals surface area contributed by atoms with Crippen molar-refractivity contribution in [1.82, 2.24) is 10.2 Å². The number of hydrogen-bond acceptors (Lipinski definition) is 3. The molecule has 1 rings (SSSR count). The number of nitrogens with two attached hydrogens (primary N) is 1. The average Bonchev–Trinajstić information content (AvgIpc) is 2.58. The smallest absolute Gasteiger partial charge is 0.236 e. The van der Waals surface area contributed by atoms with Crippen molar-refractivity contribution in [2.45, 2.75) is 58.4 Å². The van der Waals surface area contributed by atoms with Gasteiger partial charge in [-0.1, -0.05) is 20.3 Å². The fraction of sp³-hybridized carbons (Fsp3) is 0.867. The first-order chi connectivity index (χ1) is 9.50. The lowest BCUT2D eigenvalue weighted by atomic mass is 10.0. The molecule has 1 saturated heterocycles. The van der Waals surface area contributed by atoms with E-state index in [9.17, 15) is 9.59 Å². The van der Waals surface area contributed by atoms with Gasteiger partial charge in [-0.05, 0) is 31.6 Å². The lowest BCUT2D eigenvalue weighted by Gasteiger charge is -2.20. The van der Waals surface area contributed by atoms with Crippen LogP contribution in [0.15, 0.2) is 0 Å². The number of rotatable bonds is 7. The molecule has 0 bridgehead atoms. The lowest BCUT2D eigenvalue weighted by molar-refractivity contribution is -0.130. The second kappa shape index (κ2) is 10.9. The SMILES string of the molecule is CC(C)C[C@H](N)C(=O)NCCCN1CCCCCC1=O.Cl. The van der Waals surface area contributed by atoms with Crippen LogP contribution in [-0.2, 0) is 9.59 Å². The van der Waals surface area contributed by atoms with Gasteiger partial charge in [0.15, 0.2) is 0 Å². The Morgan fingerprint density at radius 3 is 2.71 bits per heavy atom. The summed E-state index contributed by atoms with van der Waals surface area (Å²) in [4.78, 5) is 25.4. The highest BCUT2D eigenvalue weighted by Gasteiger charge is 2.17. The molecule has 21 heavy (non-hydrogen) atoms. The summed E-state index contributed by atoms with van der Waals surface area (Å²) in [7, 11) is 0. The summed E-state index contributed by atoms with van der Waals surface area (Å²) in [5, 5.41) is 2.86. The fourth-order valence-electron chi connectivity index (χ4n) is 2.50. The number of nitrogens with zero attached hydrogens (tertiary/aromatic N) is 1.